The van der Waals surface area contributed by atoms with Crippen molar-refractivity contribution in [1.82, 2.24) is 0 Å². The van der Waals surface area contributed by atoms with E-state index in [0.29, 0.717) is 9.79 Å². The minimum atomic E-state index is -3.80. The molecule has 0 aromatic heterocycles. The highest BCUT2D eigenvalue weighted by Gasteiger charge is 2.56. The molecule has 1 nitrogen and oxygen atoms in total. The smallest absolute Gasteiger partial charge is 0.287 e. The third-order valence-electron chi connectivity index (χ3n) is 7.85. The summed E-state index contributed by atoms with van der Waals surface area (Å²) in [6.45, 7) is 0. The summed E-state index contributed by atoms with van der Waals surface area (Å²) >= 11 is 0. The number of rotatable bonds is 10. The Bertz CT molecular complexity index is 1610. The third kappa shape index (κ3) is 5.62. The van der Waals surface area contributed by atoms with E-state index in [0.717, 1.165) is 0 Å². The van der Waals surface area contributed by atoms with Crippen molar-refractivity contribution in [3.8, 4) is 0 Å². The lowest BCUT2D eigenvalue weighted by molar-refractivity contribution is -0.143. The summed E-state index contributed by atoms with van der Waals surface area (Å²) in [6.07, 6.45) is 7.22. The minimum absolute atomic E-state index is 0.0152. The van der Waals surface area contributed by atoms with Gasteiger partial charge in [-0.3, -0.25) is 4.79 Å². The predicted octanol–water partition coefficient (Wildman–Crippen LogP) is 10.5. The van der Waals surface area contributed by atoms with Crippen LogP contribution in [0.1, 0.15) is 34.1 Å². The van der Waals surface area contributed by atoms with Crippen LogP contribution in [0.4, 0.5) is 17.6 Å². The first-order valence-electron chi connectivity index (χ1n) is 14.1. The Balaban J connectivity index is 1.54. The number of halogens is 4. The molecule has 0 bridgehead atoms. The summed E-state index contributed by atoms with van der Waals surface area (Å²) in [7, 11) is -2.35. The highest BCUT2D eigenvalue weighted by molar-refractivity contribution is 8.22. The van der Waals surface area contributed by atoms with Crippen LogP contribution in [-0.4, -0.2) is 5.78 Å². The lowest BCUT2D eigenvalue weighted by Crippen LogP contribution is -2.40. The van der Waals surface area contributed by atoms with Crippen molar-refractivity contribution in [3.05, 3.63) is 177 Å². The summed E-state index contributed by atoms with van der Waals surface area (Å²) < 4.78 is 68.6. The molecule has 0 spiro atoms. The van der Waals surface area contributed by atoms with Crippen LogP contribution >= 0.6 is 21.8 Å². The summed E-state index contributed by atoms with van der Waals surface area (Å²) in [5.74, 6) is -13.2. The quantitative estimate of drug-likeness (QED) is 0.132. The second kappa shape index (κ2) is 12.5. The summed E-state index contributed by atoms with van der Waals surface area (Å²) in [5, 5.41) is 7.43. The average molecular weight is 631 g/mol. The highest BCUT2D eigenvalue weighted by Crippen LogP contribution is 2.56. The van der Waals surface area contributed by atoms with Gasteiger partial charge in [-0.2, -0.15) is 21.8 Å². The van der Waals surface area contributed by atoms with Crippen molar-refractivity contribution in [2.75, 3.05) is 0 Å². The van der Waals surface area contributed by atoms with Crippen molar-refractivity contribution in [2.45, 2.75) is 33.5 Å². The first kappa shape index (κ1) is 30.0. The van der Waals surface area contributed by atoms with Gasteiger partial charge in [0.25, 0.3) is 11.8 Å². The Kier molecular flexibility index (Phi) is 8.52. The van der Waals surface area contributed by atoms with Gasteiger partial charge in [-0.1, -0.05) is 121 Å². The number of hydrogen-bond donors (Lipinski definition) is 2. The molecule has 2 unspecified atom stereocenters. The van der Waals surface area contributed by atoms with Crippen molar-refractivity contribution in [3.63, 3.8) is 0 Å². The van der Waals surface area contributed by atoms with E-state index in [4.69, 9.17) is 0 Å². The van der Waals surface area contributed by atoms with Gasteiger partial charge in [0, 0.05) is 20.9 Å². The first-order valence-corrected chi connectivity index (χ1v) is 17.1. The molecule has 0 fully saturated rings. The molecule has 7 heteroatoms. The van der Waals surface area contributed by atoms with Crippen LogP contribution in [0.5, 0.6) is 0 Å². The van der Waals surface area contributed by atoms with Gasteiger partial charge in [0.15, 0.2) is 5.78 Å². The van der Waals surface area contributed by atoms with E-state index in [1.807, 2.05) is 21.6 Å². The molecule has 0 N–H and O–H groups in total. The molecule has 4 aromatic rings. The fraction of sp³-hybridized carbons (Fsp3) is 0.108. The maximum atomic E-state index is 17.1. The maximum Gasteiger partial charge on any atom is 0.287 e. The number of hydrogen-bond acceptors (Lipinski definition) is 1. The molecule has 2 aliphatic heterocycles. The van der Waals surface area contributed by atoms with E-state index >= 15 is 17.6 Å². The van der Waals surface area contributed by atoms with E-state index < -0.39 is 51.3 Å². The zero-order chi connectivity index (χ0) is 30.7. The number of thiol groups is 2. The molecule has 4 aromatic carbocycles. The van der Waals surface area contributed by atoms with Gasteiger partial charge in [-0.05, 0) is 44.9 Å². The molecular weight excluding hydrogens is 601 g/mol. The summed E-state index contributed by atoms with van der Waals surface area (Å²) in [6, 6.07) is 27.5. The predicted molar refractivity (Wildman–Crippen MR) is 175 cm³/mol. The third-order valence-corrected chi connectivity index (χ3v) is 11.7. The van der Waals surface area contributed by atoms with Crippen molar-refractivity contribution < 1.29 is 22.4 Å². The number of Topliss-reactive ketones (excluding diaryl/α,β-unsaturated/α-hetero) is 1. The Morgan fingerprint density at radius 3 is 1.16 bits per heavy atom. The van der Waals surface area contributed by atoms with Crippen LogP contribution in [0.3, 0.4) is 0 Å². The van der Waals surface area contributed by atoms with Gasteiger partial charge in [0.1, 0.15) is 11.8 Å². The number of alkyl halides is 4. The maximum absolute atomic E-state index is 17.1. The van der Waals surface area contributed by atoms with Crippen LogP contribution in [-0.2, 0) is 16.6 Å². The minimum Gasteiger partial charge on any atom is -0.298 e. The molecule has 0 saturated heterocycles. The van der Waals surface area contributed by atoms with Gasteiger partial charge < -0.3 is 0 Å². The molecular formula is C37H30F4OS2. The van der Waals surface area contributed by atoms with Crippen LogP contribution in [0.25, 0.3) is 0 Å². The molecule has 0 amide bonds. The second-order valence-corrected chi connectivity index (χ2v) is 14.3. The second-order valence-electron chi connectivity index (χ2n) is 10.6. The molecule has 2 aliphatic rings. The number of carbonyl (C=O) groups is 1. The average Bonchev–Trinajstić information content (AvgIpc) is 3.78. The molecule has 2 atom stereocenters. The molecule has 224 valence electrons. The van der Waals surface area contributed by atoms with E-state index in [1.54, 1.807) is 85.0 Å². The SMILES string of the molecule is O=C(C(c1ccccc1)C(F)(F)c1ccccc1[SH]1C=CC=C1)C(c1ccccc1)C(F)(F)c1ccccc1[SH]1C=CC=C1. The monoisotopic (exact) mass is 630 g/mol. The zero-order valence-corrected chi connectivity index (χ0v) is 25.3. The summed E-state index contributed by atoms with van der Waals surface area (Å²) in [4.78, 5) is 15.5. The fourth-order valence-corrected chi connectivity index (χ4v) is 9.33. The first-order chi connectivity index (χ1) is 21.3. The van der Waals surface area contributed by atoms with Crippen LogP contribution in [0, 0.1) is 0 Å². The van der Waals surface area contributed by atoms with Crippen molar-refractivity contribution in [2.24, 2.45) is 0 Å². The molecule has 0 radical (unpaired) electrons. The molecule has 2 heterocycles. The van der Waals surface area contributed by atoms with Crippen LogP contribution in [0.15, 0.2) is 165 Å². The standard InChI is InChI=1S/C37H30F4OS2/c38-36(39,29-19-7-9-21-31(29)43-23-11-12-24-43)33(27-15-3-1-4-16-27)35(42)34(28-17-5-2-6-18-28)37(40,41)30-20-8-10-22-32(30)44-25-13-14-26-44/h1-26,33-34,43-44H. The Morgan fingerprint density at radius 2 is 0.795 bits per heavy atom. The normalized spacial score (nSPS) is 17.3. The highest BCUT2D eigenvalue weighted by atomic mass is 32.2. The van der Waals surface area contributed by atoms with Gasteiger partial charge in [-0.15, -0.1) is 0 Å². The molecule has 0 saturated carbocycles. The van der Waals surface area contributed by atoms with Crippen LogP contribution < -0.4 is 0 Å². The molecule has 0 aliphatic carbocycles. The van der Waals surface area contributed by atoms with Gasteiger partial charge in [0.2, 0.25) is 0 Å². The van der Waals surface area contributed by atoms with E-state index in [1.165, 1.54) is 48.5 Å². The van der Waals surface area contributed by atoms with Crippen molar-refractivity contribution >= 4 is 27.6 Å². The van der Waals surface area contributed by atoms with Crippen molar-refractivity contribution in [1.29, 1.82) is 0 Å². The Hall–Kier alpha value is -4.07. The Morgan fingerprint density at radius 1 is 0.477 bits per heavy atom. The fourth-order valence-electron chi connectivity index (χ4n) is 5.82. The molecule has 6 rings (SSSR count). The number of carbonyl (C=O) groups excluding carboxylic acids is 1. The van der Waals surface area contributed by atoms with Gasteiger partial charge in [0.05, 0.1) is 0 Å². The summed E-state index contributed by atoms with van der Waals surface area (Å²) in [5.41, 5.74) is -0.688. The van der Waals surface area contributed by atoms with E-state index in [-0.39, 0.29) is 22.3 Å². The number of allylic oxidation sites excluding steroid dienone is 4. The van der Waals surface area contributed by atoms with E-state index in [2.05, 4.69) is 0 Å². The lowest BCUT2D eigenvalue weighted by Gasteiger charge is -2.35. The van der Waals surface area contributed by atoms with E-state index in [9.17, 15) is 4.79 Å². The number of ketones is 1. The topological polar surface area (TPSA) is 17.1 Å². The number of benzene rings is 4. The molecule has 44 heavy (non-hydrogen) atoms. The zero-order valence-electron chi connectivity index (χ0n) is 23.5. The van der Waals surface area contributed by atoms with Crippen LogP contribution in [0.2, 0.25) is 0 Å². The Labute approximate surface area is 260 Å². The largest absolute Gasteiger partial charge is 0.298 e. The lowest BCUT2D eigenvalue weighted by atomic mass is 9.74. The van der Waals surface area contributed by atoms with Gasteiger partial charge in [-0.25, -0.2) is 17.6 Å². The van der Waals surface area contributed by atoms with Gasteiger partial charge >= 0.3 is 0 Å².